The van der Waals surface area contributed by atoms with E-state index in [1.165, 1.54) is 56.0 Å². The molecule has 29 heavy (non-hydrogen) atoms. The smallest absolute Gasteiger partial charge is 0.274 e. The molecule has 1 aromatic carbocycles. The number of benzene rings is 1. The monoisotopic (exact) mass is 396 g/mol. The van der Waals surface area contributed by atoms with Gasteiger partial charge in [0.25, 0.3) is 5.56 Å². The Morgan fingerprint density at radius 3 is 2.41 bits per heavy atom. The van der Waals surface area contributed by atoms with E-state index >= 15 is 0 Å². The Morgan fingerprint density at radius 2 is 1.69 bits per heavy atom. The fraction of sp³-hybridized carbons (Fsp3) is 0.609. The summed E-state index contributed by atoms with van der Waals surface area (Å²) in [5.41, 5.74) is 0.653. The van der Waals surface area contributed by atoms with Crippen LogP contribution in [0, 0.1) is 0 Å². The third kappa shape index (κ3) is 4.22. The van der Waals surface area contributed by atoms with Crippen molar-refractivity contribution in [3.05, 3.63) is 40.3 Å². The van der Waals surface area contributed by atoms with Crippen LogP contribution >= 0.6 is 0 Å². The topological polar surface area (TPSA) is 67.2 Å². The quantitative estimate of drug-likeness (QED) is 0.844. The third-order valence-corrected chi connectivity index (χ3v) is 6.79. The summed E-state index contributed by atoms with van der Waals surface area (Å²) in [5, 5.41) is 8.99. The molecule has 1 aliphatic carbocycles. The third-order valence-electron chi connectivity index (χ3n) is 6.79. The molecule has 0 unspecified atom stereocenters. The Labute approximate surface area is 172 Å². The lowest BCUT2D eigenvalue weighted by Crippen LogP contribution is -2.58. The van der Waals surface area contributed by atoms with Crippen LogP contribution in [-0.2, 0) is 18.3 Å². The Kier molecular flexibility index (Phi) is 5.99. The predicted molar refractivity (Wildman–Crippen MR) is 115 cm³/mol. The standard InChI is InChI=1S/C23H32N4O2/c1-26-22(29)19-11-5-4-10-18(19)20(25-26)16-21(28)24-17-23(12-6-2-7-13-23)27-14-8-3-9-15-27/h4-5,10-11H,2-3,6-9,12-17H2,1H3,(H,24,28). The molecule has 6 heteroatoms. The van der Waals surface area contributed by atoms with Crippen LogP contribution in [0.3, 0.4) is 0 Å². The number of likely N-dealkylation sites (tertiary alicyclic amines) is 1. The van der Waals surface area contributed by atoms with E-state index in [0.29, 0.717) is 11.1 Å². The number of nitrogens with one attached hydrogen (secondary N) is 1. The van der Waals surface area contributed by atoms with Gasteiger partial charge >= 0.3 is 0 Å². The molecular formula is C23H32N4O2. The zero-order valence-electron chi connectivity index (χ0n) is 17.5. The van der Waals surface area contributed by atoms with Crippen molar-refractivity contribution in [1.29, 1.82) is 0 Å². The van der Waals surface area contributed by atoms with Crippen LogP contribution in [-0.4, -0.2) is 45.8 Å². The molecule has 2 aromatic rings. The SMILES string of the molecule is Cn1nc(CC(=O)NCC2(N3CCCCC3)CCCCC2)c2ccccc2c1=O. The zero-order valence-corrected chi connectivity index (χ0v) is 17.5. The van der Waals surface area contributed by atoms with E-state index in [4.69, 9.17) is 0 Å². The summed E-state index contributed by atoms with van der Waals surface area (Å²) in [6.45, 7) is 3.03. The average Bonchev–Trinajstić information content (AvgIpc) is 2.77. The minimum atomic E-state index is -0.129. The van der Waals surface area contributed by atoms with Crippen LogP contribution in [0.4, 0.5) is 0 Å². The first-order valence-electron chi connectivity index (χ1n) is 11.1. The van der Waals surface area contributed by atoms with Gasteiger partial charge in [-0.2, -0.15) is 5.10 Å². The van der Waals surface area contributed by atoms with Crippen molar-refractivity contribution in [3.63, 3.8) is 0 Å². The molecule has 2 aliphatic rings. The van der Waals surface area contributed by atoms with Crippen molar-refractivity contribution in [3.8, 4) is 0 Å². The Bertz CT molecular complexity index is 924. The van der Waals surface area contributed by atoms with E-state index in [1.807, 2.05) is 18.2 Å². The molecule has 0 atom stereocenters. The number of piperidine rings is 1. The highest BCUT2D eigenvalue weighted by atomic mass is 16.1. The van der Waals surface area contributed by atoms with Gasteiger partial charge in [0.15, 0.2) is 0 Å². The van der Waals surface area contributed by atoms with E-state index in [1.54, 1.807) is 13.1 Å². The summed E-state index contributed by atoms with van der Waals surface area (Å²) < 4.78 is 1.33. The Balaban J connectivity index is 1.49. The Morgan fingerprint density at radius 1 is 1.03 bits per heavy atom. The Hall–Kier alpha value is -2.21. The second kappa shape index (κ2) is 8.66. The highest BCUT2D eigenvalue weighted by Gasteiger charge is 2.38. The normalized spacial score (nSPS) is 19.9. The lowest BCUT2D eigenvalue weighted by Gasteiger charge is -2.48. The van der Waals surface area contributed by atoms with Crippen LogP contribution in [0.25, 0.3) is 10.8 Å². The minimum absolute atomic E-state index is 0.0109. The number of carbonyl (C=O) groups is 1. The van der Waals surface area contributed by atoms with Gasteiger partial charge in [-0.05, 0) is 44.8 Å². The summed E-state index contributed by atoms with van der Waals surface area (Å²) in [6, 6.07) is 7.41. The number of carbonyl (C=O) groups excluding carboxylic acids is 1. The fourth-order valence-corrected chi connectivity index (χ4v) is 5.17. The number of hydrogen-bond donors (Lipinski definition) is 1. The second-order valence-electron chi connectivity index (χ2n) is 8.71. The molecule has 1 saturated carbocycles. The molecular weight excluding hydrogens is 364 g/mol. The van der Waals surface area contributed by atoms with E-state index < -0.39 is 0 Å². The van der Waals surface area contributed by atoms with Crippen molar-refractivity contribution in [1.82, 2.24) is 20.0 Å². The van der Waals surface area contributed by atoms with Crippen molar-refractivity contribution in [2.75, 3.05) is 19.6 Å². The fourth-order valence-electron chi connectivity index (χ4n) is 5.17. The van der Waals surface area contributed by atoms with Crippen LogP contribution < -0.4 is 10.9 Å². The lowest BCUT2D eigenvalue weighted by molar-refractivity contribution is -0.121. The van der Waals surface area contributed by atoms with Crippen molar-refractivity contribution < 1.29 is 4.79 Å². The molecule has 0 spiro atoms. The van der Waals surface area contributed by atoms with Crippen molar-refractivity contribution in [2.45, 2.75) is 63.3 Å². The van der Waals surface area contributed by atoms with E-state index in [0.717, 1.165) is 25.0 Å². The van der Waals surface area contributed by atoms with Crippen molar-refractivity contribution >= 4 is 16.7 Å². The molecule has 2 fully saturated rings. The summed E-state index contributed by atoms with van der Waals surface area (Å²) in [4.78, 5) is 27.8. The average molecular weight is 397 g/mol. The molecule has 4 rings (SSSR count). The molecule has 0 radical (unpaired) electrons. The van der Waals surface area contributed by atoms with E-state index in [-0.39, 0.29) is 23.4 Å². The van der Waals surface area contributed by atoms with Gasteiger partial charge in [0, 0.05) is 24.5 Å². The summed E-state index contributed by atoms with van der Waals surface area (Å²) in [5.74, 6) is -0.0109. The number of nitrogens with zero attached hydrogens (tertiary/aromatic N) is 3. The molecule has 2 heterocycles. The summed E-state index contributed by atoms with van der Waals surface area (Å²) >= 11 is 0. The van der Waals surface area contributed by atoms with E-state index in [2.05, 4.69) is 15.3 Å². The van der Waals surface area contributed by atoms with Gasteiger partial charge in [0.05, 0.1) is 17.5 Å². The van der Waals surface area contributed by atoms with Gasteiger partial charge < -0.3 is 5.32 Å². The number of aryl methyl sites for hydroxylation is 1. The molecule has 6 nitrogen and oxygen atoms in total. The van der Waals surface area contributed by atoms with Gasteiger partial charge in [-0.1, -0.05) is 43.9 Å². The van der Waals surface area contributed by atoms with Crippen LogP contribution in [0.15, 0.2) is 29.1 Å². The maximum Gasteiger partial charge on any atom is 0.274 e. The number of rotatable bonds is 5. The van der Waals surface area contributed by atoms with Crippen molar-refractivity contribution in [2.24, 2.45) is 7.05 Å². The number of fused-ring (bicyclic) bond motifs is 1. The lowest BCUT2D eigenvalue weighted by atomic mass is 9.79. The van der Waals surface area contributed by atoms with Gasteiger partial charge in [0.2, 0.25) is 5.91 Å². The summed E-state index contributed by atoms with van der Waals surface area (Å²) in [6.07, 6.45) is 10.2. The summed E-state index contributed by atoms with van der Waals surface area (Å²) in [7, 11) is 1.64. The maximum atomic E-state index is 12.9. The number of amides is 1. The molecule has 1 saturated heterocycles. The molecule has 0 bridgehead atoms. The maximum absolute atomic E-state index is 12.9. The zero-order chi connectivity index (χ0) is 20.3. The highest BCUT2D eigenvalue weighted by molar-refractivity contribution is 5.88. The predicted octanol–water partition coefficient (Wildman–Crippen LogP) is 2.78. The number of aromatic nitrogens is 2. The van der Waals surface area contributed by atoms with Gasteiger partial charge in [-0.25, -0.2) is 4.68 Å². The van der Waals surface area contributed by atoms with Crippen LogP contribution in [0.2, 0.25) is 0 Å². The number of hydrogen-bond acceptors (Lipinski definition) is 4. The first kappa shape index (κ1) is 20.1. The molecule has 1 aliphatic heterocycles. The highest BCUT2D eigenvalue weighted by Crippen LogP contribution is 2.35. The van der Waals surface area contributed by atoms with Gasteiger partial charge in [0.1, 0.15) is 0 Å². The first-order valence-corrected chi connectivity index (χ1v) is 11.1. The molecule has 1 aromatic heterocycles. The second-order valence-corrected chi connectivity index (χ2v) is 8.71. The largest absolute Gasteiger partial charge is 0.354 e. The first-order chi connectivity index (χ1) is 14.1. The van der Waals surface area contributed by atoms with Gasteiger partial charge in [-0.3, -0.25) is 14.5 Å². The molecule has 1 amide bonds. The minimum Gasteiger partial charge on any atom is -0.354 e. The molecule has 156 valence electrons. The molecule has 1 N–H and O–H groups in total. The van der Waals surface area contributed by atoms with E-state index in [9.17, 15) is 9.59 Å². The van der Waals surface area contributed by atoms with Gasteiger partial charge in [-0.15, -0.1) is 0 Å². The van der Waals surface area contributed by atoms with Crippen LogP contribution in [0.1, 0.15) is 57.1 Å². The van der Waals surface area contributed by atoms with Crippen LogP contribution in [0.5, 0.6) is 0 Å².